The van der Waals surface area contributed by atoms with Crippen molar-refractivity contribution >= 4 is 35.5 Å². The fraction of sp³-hybridized carbons (Fsp3) is 0.385. The predicted octanol–water partition coefficient (Wildman–Crippen LogP) is 2.80. The largest absolute Gasteiger partial charge is 0.497 e. The molecule has 2 aromatic carbocycles. The Balaban J connectivity index is 1.59. The van der Waals surface area contributed by atoms with Gasteiger partial charge in [0.2, 0.25) is 17.5 Å². The van der Waals surface area contributed by atoms with Crippen LogP contribution >= 0.6 is 11.8 Å². The number of methoxy groups -OCH3 is 1. The van der Waals surface area contributed by atoms with Crippen LogP contribution in [0.4, 0.5) is 0 Å². The average Bonchev–Trinajstić information content (AvgIpc) is 3.00. The van der Waals surface area contributed by atoms with Crippen molar-refractivity contribution in [3.05, 3.63) is 59.7 Å². The second-order valence-corrected chi connectivity index (χ2v) is 10.9. The lowest BCUT2D eigenvalue weighted by Gasteiger charge is -2.47. The van der Waals surface area contributed by atoms with Crippen molar-refractivity contribution in [3.8, 4) is 11.5 Å². The normalized spacial score (nSPS) is 21.7. The highest BCUT2D eigenvalue weighted by molar-refractivity contribution is 8.01. The van der Waals surface area contributed by atoms with Crippen LogP contribution in [0.5, 0.6) is 11.5 Å². The molecule has 4 rings (SSSR count). The molecule has 2 aromatic rings. The van der Waals surface area contributed by atoms with Gasteiger partial charge in [-0.2, -0.15) is 0 Å². The second-order valence-electron chi connectivity index (χ2n) is 9.11. The third-order valence-electron chi connectivity index (χ3n) is 6.29. The zero-order valence-corrected chi connectivity index (χ0v) is 21.3. The molecule has 36 heavy (non-hydrogen) atoms. The quantitative estimate of drug-likeness (QED) is 0.327. The molecule has 0 saturated carbocycles. The topological polar surface area (TPSA) is 111 Å². The molecule has 0 unspecified atom stereocenters. The Hall–Kier alpha value is -3.53. The molecule has 0 aromatic heterocycles. The SMILES string of the molecule is COc1ccc(COC(=O)[C@]2(NC(=O)Cc3ccccc3OC(C)=O)N3C(=O)C[C@H]3SC2(C)C)cc1. The van der Waals surface area contributed by atoms with E-state index in [0.717, 1.165) is 5.56 Å². The van der Waals surface area contributed by atoms with Crippen LogP contribution in [-0.2, 0) is 36.9 Å². The molecule has 9 nitrogen and oxygen atoms in total. The summed E-state index contributed by atoms with van der Waals surface area (Å²) in [6.07, 6.45) is 0.122. The fourth-order valence-electron chi connectivity index (χ4n) is 4.50. The third kappa shape index (κ3) is 4.65. The van der Waals surface area contributed by atoms with Crippen molar-refractivity contribution in [2.45, 2.75) is 56.0 Å². The Kier molecular flexibility index (Phi) is 6.99. The molecule has 2 heterocycles. The van der Waals surface area contributed by atoms with Crippen LogP contribution in [0, 0.1) is 0 Å². The van der Waals surface area contributed by atoms with E-state index >= 15 is 0 Å². The number of hydrogen-bond donors (Lipinski definition) is 1. The number of esters is 2. The predicted molar refractivity (Wildman–Crippen MR) is 132 cm³/mol. The van der Waals surface area contributed by atoms with Crippen molar-refractivity contribution in [3.63, 3.8) is 0 Å². The van der Waals surface area contributed by atoms with Gasteiger partial charge in [0, 0.05) is 12.5 Å². The van der Waals surface area contributed by atoms with Crippen LogP contribution in [0.15, 0.2) is 48.5 Å². The van der Waals surface area contributed by atoms with Crippen LogP contribution in [0.1, 0.15) is 38.3 Å². The molecule has 2 atom stereocenters. The summed E-state index contributed by atoms with van der Waals surface area (Å²) in [4.78, 5) is 52.5. The van der Waals surface area contributed by atoms with E-state index in [0.29, 0.717) is 11.3 Å². The van der Waals surface area contributed by atoms with Crippen molar-refractivity contribution in [2.24, 2.45) is 0 Å². The summed E-state index contributed by atoms with van der Waals surface area (Å²) in [7, 11) is 1.56. The summed E-state index contributed by atoms with van der Waals surface area (Å²) < 4.78 is 15.2. The first-order valence-corrected chi connectivity index (χ1v) is 12.3. The van der Waals surface area contributed by atoms with Gasteiger partial charge < -0.3 is 19.5 Å². The lowest BCUT2D eigenvalue weighted by Crippen LogP contribution is -2.75. The number of amides is 2. The highest BCUT2D eigenvalue weighted by Crippen LogP contribution is 2.56. The molecule has 2 aliphatic heterocycles. The molecule has 1 N–H and O–H groups in total. The Morgan fingerprint density at radius 2 is 1.81 bits per heavy atom. The van der Waals surface area contributed by atoms with Crippen molar-refractivity contribution < 1.29 is 33.4 Å². The number of fused-ring (bicyclic) bond motifs is 1. The minimum atomic E-state index is -1.70. The first-order chi connectivity index (χ1) is 17.1. The van der Waals surface area contributed by atoms with E-state index in [4.69, 9.17) is 14.2 Å². The second kappa shape index (κ2) is 9.85. The zero-order valence-electron chi connectivity index (χ0n) is 20.5. The van der Waals surface area contributed by atoms with E-state index in [1.54, 1.807) is 55.6 Å². The number of thioether (sulfide) groups is 1. The Morgan fingerprint density at radius 3 is 2.44 bits per heavy atom. The van der Waals surface area contributed by atoms with Crippen molar-refractivity contribution in [1.82, 2.24) is 10.2 Å². The highest BCUT2D eigenvalue weighted by atomic mass is 32.2. The smallest absolute Gasteiger partial charge is 0.355 e. The molecule has 10 heteroatoms. The number of para-hydroxylation sites is 1. The van der Waals surface area contributed by atoms with Gasteiger partial charge in [-0.25, -0.2) is 4.79 Å². The van der Waals surface area contributed by atoms with Crippen LogP contribution in [0.3, 0.4) is 0 Å². The summed E-state index contributed by atoms with van der Waals surface area (Å²) >= 11 is 1.45. The van der Waals surface area contributed by atoms with Gasteiger partial charge in [-0.05, 0) is 37.6 Å². The van der Waals surface area contributed by atoms with E-state index in [-0.39, 0.29) is 36.5 Å². The van der Waals surface area contributed by atoms with Crippen molar-refractivity contribution in [2.75, 3.05) is 7.11 Å². The maximum atomic E-state index is 13.7. The molecular formula is C26H28N2O7S. The van der Waals surface area contributed by atoms with Gasteiger partial charge in [-0.15, -0.1) is 11.8 Å². The summed E-state index contributed by atoms with van der Waals surface area (Å²) in [6, 6.07) is 13.7. The molecule has 0 bridgehead atoms. The molecule has 0 aliphatic carbocycles. The molecule has 0 radical (unpaired) electrons. The van der Waals surface area contributed by atoms with Gasteiger partial charge in [0.1, 0.15) is 18.1 Å². The highest BCUT2D eigenvalue weighted by Gasteiger charge is 2.70. The van der Waals surface area contributed by atoms with Crippen LogP contribution in [-0.4, -0.2) is 51.5 Å². The van der Waals surface area contributed by atoms with Gasteiger partial charge in [-0.3, -0.25) is 19.3 Å². The Bertz CT molecular complexity index is 1200. The summed E-state index contributed by atoms with van der Waals surface area (Å²) in [5.41, 5.74) is -0.491. The lowest BCUT2D eigenvalue weighted by molar-refractivity contribution is -0.178. The molecule has 2 saturated heterocycles. The maximum absolute atomic E-state index is 13.7. The number of hydrogen-bond acceptors (Lipinski definition) is 8. The number of carbonyl (C=O) groups is 4. The molecule has 2 amide bonds. The maximum Gasteiger partial charge on any atom is 0.355 e. The lowest BCUT2D eigenvalue weighted by atomic mass is 9.89. The fourth-order valence-corrected chi connectivity index (χ4v) is 6.19. The number of benzene rings is 2. The van der Waals surface area contributed by atoms with Gasteiger partial charge in [0.05, 0.1) is 30.1 Å². The first-order valence-electron chi connectivity index (χ1n) is 11.4. The van der Waals surface area contributed by atoms with Crippen molar-refractivity contribution in [1.29, 1.82) is 0 Å². The Morgan fingerprint density at radius 1 is 1.11 bits per heavy atom. The van der Waals surface area contributed by atoms with Gasteiger partial charge in [0.15, 0.2) is 0 Å². The first kappa shape index (κ1) is 25.6. The standard InChI is InChI=1S/C26H28N2O7S/c1-16(29)35-20-8-6-5-7-18(20)13-21(30)27-26(25(2,3)36-23-14-22(31)28(23)26)24(32)34-15-17-9-11-19(33-4)12-10-17/h5-12,23H,13-15H2,1-4H3,(H,27,30)/t23-,26+/m1/s1. The number of rotatable bonds is 8. The zero-order chi connectivity index (χ0) is 26.1. The summed E-state index contributed by atoms with van der Waals surface area (Å²) in [5.74, 6) is -1.04. The van der Waals surface area contributed by atoms with Gasteiger partial charge >= 0.3 is 11.9 Å². The molecule has 190 valence electrons. The van der Waals surface area contributed by atoms with Gasteiger partial charge in [-0.1, -0.05) is 30.3 Å². The van der Waals surface area contributed by atoms with Crippen LogP contribution < -0.4 is 14.8 Å². The number of nitrogens with one attached hydrogen (secondary N) is 1. The van der Waals surface area contributed by atoms with Gasteiger partial charge in [0.25, 0.3) is 0 Å². The number of carbonyl (C=O) groups excluding carboxylic acids is 4. The average molecular weight is 513 g/mol. The number of β-lactam (4-membered cyclic amide) rings is 1. The van der Waals surface area contributed by atoms with E-state index in [9.17, 15) is 19.2 Å². The van der Waals surface area contributed by atoms with Crippen LogP contribution in [0.2, 0.25) is 0 Å². The molecule has 0 spiro atoms. The van der Waals surface area contributed by atoms with E-state index in [1.165, 1.54) is 23.6 Å². The Labute approximate surface area is 213 Å². The molecular weight excluding hydrogens is 484 g/mol. The minimum absolute atomic E-state index is 0.0385. The van der Waals surface area contributed by atoms with Crippen LogP contribution in [0.25, 0.3) is 0 Å². The third-order valence-corrected chi connectivity index (χ3v) is 7.83. The van der Waals surface area contributed by atoms with E-state index in [2.05, 4.69) is 5.32 Å². The number of nitrogens with zero attached hydrogens (tertiary/aromatic N) is 1. The van der Waals surface area contributed by atoms with E-state index in [1.807, 2.05) is 13.8 Å². The van der Waals surface area contributed by atoms with E-state index < -0.39 is 28.3 Å². The monoisotopic (exact) mass is 512 g/mol. The molecule has 2 aliphatic rings. The summed E-state index contributed by atoms with van der Waals surface area (Å²) in [6.45, 7) is 4.86. The minimum Gasteiger partial charge on any atom is -0.497 e. The number of ether oxygens (including phenoxy) is 3. The molecule has 2 fully saturated rings. The summed E-state index contributed by atoms with van der Waals surface area (Å²) in [5, 5.41) is 2.60.